The third kappa shape index (κ3) is 4.71. The van der Waals surface area contributed by atoms with E-state index in [0.29, 0.717) is 5.56 Å². The molecule has 0 saturated heterocycles. The Balaban J connectivity index is 2.43. The average Bonchev–Trinajstić information content (AvgIpc) is 2.21. The van der Waals surface area contributed by atoms with E-state index in [2.05, 4.69) is 5.32 Å². The molecule has 1 rings (SSSR count). The molecule has 0 amide bonds. The molecule has 4 nitrogen and oxygen atoms in total. The van der Waals surface area contributed by atoms with Gasteiger partial charge >= 0.3 is 5.97 Å². The second-order valence-electron chi connectivity index (χ2n) is 4.94. The number of hydrogen-bond acceptors (Lipinski definition) is 4. The molecular weight excluding hydrogens is 237 g/mol. The van der Waals surface area contributed by atoms with E-state index in [9.17, 15) is 14.3 Å². The topological polar surface area (TPSA) is 58.6 Å². The van der Waals surface area contributed by atoms with E-state index in [4.69, 9.17) is 4.74 Å². The highest BCUT2D eigenvalue weighted by Gasteiger charge is 2.15. The Kier molecular flexibility index (Phi) is 4.67. The van der Waals surface area contributed by atoms with E-state index < -0.39 is 23.1 Å². The molecule has 0 aliphatic carbocycles. The van der Waals surface area contributed by atoms with Gasteiger partial charge in [0.05, 0.1) is 6.54 Å². The van der Waals surface area contributed by atoms with Crippen molar-refractivity contribution in [3.05, 3.63) is 29.6 Å². The zero-order valence-electron chi connectivity index (χ0n) is 10.8. The van der Waals surface area contributed by atoms with Crippen LogP contribution in [0.5, 0.6) is 5.75 Å². The lowest BCUT2D eigenvalue weighted by Crippen LogP contribution is -2.31. The summed E-state index contributed by atoms with van der Waals surface area (Å²) in [6.07, 6.45) is 0. The molecule has 5 heteroatoms. The van der Waals surface area contributed by atoms with Crippen LogP contribution in [-0.4, -0.2) is 23.2 Å². The van der Waals surface area contributed by atoms with Crippen molar-refractivity contribution in [1.82, 2.24) is 5.32 Å². The standard InChI is InChI=1S/C13H18FNO3/c1-13(2,3)18-11(16)8-15-7-9-5-4-6-10(14)12(9)17/h4-6,15,17H,7-8H2,1-3H3. The van der Waals surface area contributed by atoms with Crippen LogP contribution in [-0.2, 0) is 16.1 Å². The summed E-state index contributed by atoms with van der Waals surface area (Å²) in [7, 11) is 0. The Morgan fingerprint density at radius 1 is 1.44 bits per heavy atom. The van der Waals surface area contributed by atoms with Crippen molar-refractivity contribution < 1.29 is 19.0 Å². The molecule has 0 aliphatic heterocycles. The minimum absolute atomic E-state index is 0.00717. The van der Waals surface area contributed by atoms with E-state index in [-0.39, 0.29) is 13.1 Å². The van der Waals surface area contributed by atoms with Crippen molar-refractivity contribution in [3.63, 3.8) is 0 Å². The Labute approximate surface area is 106 Å². The van der Waals surface area contributed by atoms with Crippen molar-refractivity contribution >= 4 is 5.97 Å². The molecule has 2 N–H and O–H groups in total. The number of carbonyl (C=O) groups is 1. The van der Waals surface area contributed by atoms with Crippen LogP contribution in [0.2, 0.25) is 0 Å². The van der Waals surface area contributed by atoms with Gasteiger partial charge in [0.2, 0.25) is 0 Å². The lowest BCUT2D eigenvalue weighted by Gasteiger charge is -2.19. The lowest BCUT2D eigenvalue weighted by molar-refractivity contribution is -0.153. The van der Waals surface area contributed by atoms with E-state index in [1.807, 2.05) is 0 Å². The summed E-state index contributed by atoms with van der Waals surface area (Å²) in [6.45, 7) is 5.55. The van der Waals surface area contributed by atoms with Gasteiger partial charge in [-0.3, -0.25) is 4.79 Å². The molecule has 0 saturated carbocycles. The zero-order valence-corrected chi connectivity index (χ0v) is 10.8. The monoisotopic (exact) mass is 255 g/mol. The molecule has 1 aromatic carbocycles. The fraction of sp³-hybridized carbons (Fsp3) is 0.462. The molecule has 0 aliphatic rings. The number of halogens is 1. The number of ether oxygens (including phenoxy) is 1. The van der Waals surface area contributed by atoms with Crippen molar-refractivity contribution in [2.75, 3.05) is 6.54 Å². The van der Waals surface area contributed by atoms with Gasteiger partial charge in [-0.25, -0.2) is 4.39 Å². The number of benzene rings is 1. The first-order valence-electron chi connectivity index (χ1n) is 5.68. The molecule has 0 aromatic heterocycles. The van der Waals surface area contributed by atoms with Gasteiger partial charge in [0.15, 0.2) is 11.6 Å². The predicted octanol–water partition coefficient (Wildman–Crippen LogP) is 1.96. The Morgan fingerprint density at radius 2 is 2.11 bits per heavy atom. The molecule has 18 heavy (non-hydrogen) atoms. The molecule has 0 fully saturated rings. The van der Waals surface area contributed by atoms with Crippen LogP contribution in [0.3, 0.4) is 0 Å². The first-order chi connectivity index (χ1) is 8.29. The van der Waals surface area contributed by atoms with Crippen LogP contribution in [0.1, 0.15) is 26.3 Å². The van der Waals surface area contributed by atoms with E-state index in [1.165, 1.54) is 12.1 Å². The highest BCUT2D eigenvalue weighted by molar-refractivity contribution is 5.72. The van der Waals surface area contributed by atoms with Gasteiger partial charge in [0.1, 0.15) is 5.60 Å². The van der Waals surface area contributed by atoms with E-state index >= 15 is 0 Å². The molecule has 0 radical (unpaired) electrons. The van der Waals surface area contributed by atoms with Gasteiger partial charge in [0, 0.05) is 12.1 Å². The molecule has 0 atom stereocenters. The Morgan fingerprint density at radius 3 is 2.72 bits per heavy atom. The van der Waals surface area contributed by atoms with Gasteiger partial charge < -0.3 is 15.2 Å². The SMILES string of the molecule is CC(C)(C)OC(=O)CNCc1cccc(F)c1O. The molecule has 0 heterocycles. The molecule has 100 valence electrons. The zero-order chi connectivity index (χ0) is 13.8. The second kappa shape index (κ2) is 5.82. The summed E-state index contributed by atoms with van der Waals surface area (Å²) in [5.74, 6) is -1.46. The maximum absolute atomic E-state index is 13.0. The van der Waals surface area contributed by atoms with Gasteiger partial charge in [-0.2, -0.15) is 0 Å². The second-order valence-corrected chi connectivity index (χ2v) is 4.94. The minimum Gasteiger partial charge on any atom is -0.505 e. The number of para-hydroxylation sites is 1. The molecular formula is C13H18FNO3. The van der Waals surface area contributed by atoms with Crippen LogP contribution >= 0.6 is 0 Å². The van der Waals surface area contributed by atoms with Crippen molar-refractivity contribution in [2.24, 2.45) is 0 Å². The van der Waals surface area contributed by atoms with E-state index in [1.54, 1.807) is 26.8 Å². The Hall–Kier alpha value is -1.62. The van der Waals surface area contributed by atoms with Crippen LogP contribution < -0.4 is 5.32 Å². The molecule has 1 aromatic rings. The van der Waals surface area contributed by atoms with Gasteiger partial charge in [-0.15, -0.1) is 0 Å². The number of nitrogens with one attached hydrogen (secondary N) is 1. The smallest absolute Gasteiger partial charge is 0.320 e. The summed E-state index contributed by atoms with van der Waals surface area (Å²) in [5.41, 5.74) is -0.127. The highest BCUT2D eigenvalue weighted by atomic mass is 19.1. The summed E-state index contributed by atoms with van der Waals surface area (Å²) >= 11 is 0. The number of rotatable bonds is 4. The lowest BCUT2D eigenvalue weighted by atomic mass is 10.2. The number of phenols is 1. The maximum Gasteiger partial charge on any atom is 0.320 e. The summed E-state index contributed by atoms with van der Waals surface area (Å²) in [6, 6.07) is 4.26. The summed E-state index contributed by atoms with van der Waals surface area (Å²) < 4.78 is 18.1. The van der Waals surface area contributed by atoms with Crippen LogP contribution in [0.15, 0.2) is 18.2 Å². The fourth-order valence-corrected chi connectivity index (χ4v) is 1.38. The van der Waals surface area contributed by atoms with Crippen LogP contribution in [0.4, 0.5) is 4.39 Å². The summed E-state index contributed by atoms with van der Waals surface area (Å²) in [5, 5.41) is 12.2. The minimum atomic E-state index is -0.674. The molecule has 0 bridgehead atoms. The summed E-state index contributed by atoms with van der Waals surface area (Å²) in [4.78, 5) is 11.4. The third-order valence-corrected chi connectivity index (χ3v) is 2.08. The average molecular weight is 255 g/mol. The van der Waals surface area contributed by atoms with Gasteiger partial charge in [-0.1, -0.05) is 12.1 Å². The fourth-order valence-electron chi connectivity index (χ4n) is 1.38. The van der Waals surface area contributed by atoms with Crippen molar-refractivity contribution in [2.45, 2.75) is 32.9 Å². The van der Waals surface area contributed by atoms with Crippen molar-refractivity contribution in [1.29, 1.82) is 0 Å². The number of esters is 1. The predicted molar refractivity (Wildman–Crippen MR) is 65.6 cm³/mol. The maximum atomic E-state index is 13.0. The molecule has 0 spiro atoms. The number of hydrogen-bond donors (Lipinski definition) is 2. The van der Waals surface area contributed by atoms with Gasteiger partial charge in [-0.05, 0) is 26.8 Å². The molecule has 0 unspecified atom stereocenters. The first kappa shape index (κ1) is 14.4. The Bertz CT molecular complexity index is 427. The highest BCUT2D eigenvalue weighted by Crippen LogP contribution is 2.20. The largest absolute Gasteiger partial charge is 0.505 e. The van der Waals surface area contributed by atoms with Crippen LogP contribution in [0.25, 0.3) is 0 Å². The third-order valence-electron chi connectivity index (χ3n) is 2.08. The van der Waals surface area contributed by atoms with Crippen LogP contribution in [0, 0.1) is 5.82 Å². The number of phenolic OH excluding ortho intramolecular Hbond substituents is 1. The number of carbonyl (C=O) groups excluding carboxylic acids is 1. The van der Waals surface area contributed by atoms with E-state index in [0.717, 1.165) is 0 Å². The van der Waals surface area contributed by atoms with Crippen molar-refractivity contribution in [3.8, 4) is 5.75 Å². The van der Waals surface area contributed by atoms with Gasteiger partial charge in [0.25, 0.3) is 0 Å². The first-order valence-corrected chi connectivity index (χ1v) is 5.68. The normalized spacial score (nSPS) is 11.3. The number of aromatic hydroxyl groups is 1. The quantitative estimate of drug-likeness (QED) is 0.807.